The van der Waals surface area contributed by atoms with E-state index in [-0.39, 0.29) is 12.0 Å². The Bertz CT molecular complexity index is 486. The van der Waals surface area contributed by atoms with Gasteiger partial charge in [-0.25, -0.2) is 0 Å². The van der Waals surface area contributed by atoms with Crippen LogP contribution in [0.5, 0.6) is 5.75 Å². The van der Waals surface area contributed by atoms with Crippen molar-refractivity contribution >= 4 is 11.6 Å². The molecule has 1 aromatic rings. The molecule has 2 atom stereocenters. The highest BCUT2D eigenvalue weighted by atomic mass is 16.5. The normalized spacial score (nSPS) is 14.7. The summed E-state index contributed by atoms with van der Waals surface area (Å²) >= 11 is 0. The standard InChI is InChI=1S/C20H33NO3/c1-6-9-10-15-20(5,23-8-3)19(22)21-17-11-13-18(14-12-17)24-16(4)7-2/h11-14,16H,6-10,15H2,1-5H3,(H,21,22)/t16-,20+/m1/s1. The molecule has 0 aliphatic carbocycles. The van der Waals surface area contributed by atoms with E-state index in [1.165, 1.54) is 0 Å². The molecule has 0 aromatic heterocycles. The molecule has 0 fully saturated rings. The van der Waals surface area contributed by atoms with Crippen molar-refractivity contribution in [1.82, 2.24) is 0 Å². The van der Waals surface area contributed by atoms with Gasteiger partial charge in [-0.3, -0.25) is 4.79 Å². The molecule has 0 bridgehead atoms. The van der Waals surface area contributed by atoms with Crippen LogP contribution in [0.2, 0.25) is 0 Å². The fourth-order valence-electron chi connectivity index (χ4n) is 2.48. The van der Waals surface area contributed by atoms with Crippen LogP contribution in [0, 0.1) is 0 Å². The molecule has 0 saturated heterocycles. The van der Waals surface area contributed by atoms with Gasteiger partial charge in [-0.15, -0.1) is 0 Å². The number of amides is 1. The summed E-state index contributed by atoms with van der Waals surface area (Å²) in [6.07, 6.45) is 5.10. The first kappa shape index (κ1) is 20.5. The Morgan fingerprint density at radius 1 is 1.17 bits per heavy atom. The predicted octanol–water partition coefficient (Wildman–Crippen LogP) is 5.18. The summed E-state index contributed by atoms with van der Waals surface area (Å²) in [4.78, 5) is 12.7. The van der Waals surface area contributed by atoms with Crippen LogP contribution in [0.25, 0.3) is 0 Å². The zero-order valence-electron chi connectivity index (χ0n) is 15.9. The number of ether oxygens (including phenoxy) is 2. The monoisotopic (exact) mass is 335 g/mol. The van der Waals surface area contributed by atoms with Crippen LogP contribution in [0.15, 0.2) is 24.3 Å². The van der Waals surface area contributed by atoms with Crippen LogP contribution >= 0.6 is 0 Å². The van der Waals surface area contributed by atoms with E-state index in [4.69, 9.17) is 9.47 Å². The molecule has 0 spiro atoms. The summed E-state index contributed by atoms with van der Waals surface area (Å²) in [6.45, 7) is 10.6. The summed E-state index contributed by atoms with van der Waals surface area (Å²) in [6, 6.07) is 7.51. The van der Waals surface area contributed by atoms with Gasteiger partial charge < -0.3 is 14.8 Å². The Labute approximate surface area is 146 Å². The number of benzene rings is 1. The van der Waals surface area contributed by atoms with E-state index in [2.05, 4.69) is 19.2 Å². The molecule has 24 heavy (non-hydrogen) atoms. The third kappa shape index (κ3) is 6.52. The van der Waals surface area contributed by atoms with Crippen LogP contribution in [0.4, 0.5) is 5.69 Å². The summed E-state index contributed by atoms with van der Waals surface area (Å²) < 4.78 is 11.5. The molecule has 1 N–H and O–H groups in total. The zero-order valence-corrected chi connectivity index (χ0v) is 15.9. The maximum atomic E-state index is 12.7. The SMILES string of the molecule is CCCCC[C@](C)(OCC)C(=O)Nc1ccc(O[C@H](C)CC)cc1. The predicted molar refractivity (Wildman–Crippen MR) is 99.6 cm³/mol. The quantitative estimate of drug-likeness (QED) is 0.567. The van der Waals surface area contributed by atoms with Gasteiger partial charge in [0.2, 0.25) is 0 Å². The van der Waals surface area contributed by atoms with Gasteiger partial charge in [-0.1, -0.05) is 33.1 Å². The van der Waals surface area contributed by atoms with Gasteiger partial charge in [-0.05, 0) is 57.9 Å². The fourth-order valence-corrected chi connectivity index (χ4v) is 2.48. The Morgan fingerprint density at radius 3 is 2.38 bits per heavy atom. The average Bonchev–Trinajstić information content (AvgIpc) is 2.57. The second-order valence-corrected chi connectivity index (χ2v) is 6.44. The molecular weight excluding hydrogens is 302 g/mol. The van der Waals surface area contributed by atoms with Crippen molar-refractivity contribution in [3.63, 3.8) is 0 Å². The van der Waals surface area contributed by atoms with Gasteiger partial charge in [-0.2, -0.15) is 0 Å². The molecule has 136 valence electrons. The largest absolute Gasteiger partial charge is 0.491 e. The summed E-state index contributed by atoms with van der Waals surface area (Å²) in [5, 5.41) is 2.97. The van der Waals surface area contributed by atoms with Crippen LogP contribution in [0.3, 0.4) is 0 Å². The average molecular weight is 335 g/mol. The molecular formula is C20H33NO3. The van der Waals surface area contributed by atoms with Gasteiger partial charge in [0.1, 0.15) is 11.4 Å². The number of hydrogen-bond donors (Lipinski definition) is 1. The van der Waals surface area contributed by atoms with Gasteiger partial charge in [0.25, 0.3) is 5.91 Å². The molecule has 0 aliphatic rings. The van der Waals surface area contributed by atoms with Crippen molar-refractivity contribution in [3.8, 4) is 5.75 Å². The molecule has 0 unspecified atom stereocenters. The lowest BCUT2D eigenvalue weighted by molar-refractivity contribution is -0.139. The van der Waals surface area contributed by atoms with E-state index in [0.717, 1.165) is 43.5 Å². The number of hydrogen-bond acceptors (Lipinski definition) is 3. The fraction of sp³-hybridized carbons (Fsp3) is 0.650. The van der Waals surface area contributed by atoms with Crippen molar-refractivity contribution in [3.05, 3.63) is 24.3 Å². The van der Waals surface area contributed by atoms with Crippen LogP contribution in [-0.4, -0.2) is 24.2 Å². The molecule has 1 rings (SSSR count). The Hall–Kier alpha value is -1.55. The topological polar surface area (TPSA) is 47.6 Å². The van der Waals surface area contributed by atoms with Crippen molar-refractivity contribution in [2.24, 2.45) is 0 Å². The Kier molecular flexibility index (Phi) is 8.83. The summed E-state index contributed by atoms with van der Waals surface area (Å²) in [5.41, 5.74) is -0.0200. The van der Waals surface area contributed by atoms with Crippen molar-refractivity contribution < 1.29 is 14.3 Å². The number of nitrogens with one attached hydrogen (secondary N) is 1. The second-order valence-electron chi connectivity index (χ2n) is 6.44. The summed E-state index contributed by atoms with van der Waals surface area (Å²) in [7, 11) is 0. The van der Waals surface area contributed by atoms with Gasteiger partial charge in [0, 0.05) is 12.3 Å². The van der Waals surface area contributed by atoms with E-state index < -0.39 is 5.60 Å². The minimum Gasteiger partial charge on any atom is -0.491 e. The molecule has 1 amide bonds. The van der Waals surface area contributed by atoms with E-state index in [1.807, 2.05) is 45.0 Å². The maximum Gasteiger partial charge on any atom is 0.256 e. The van der Waals surface area contributed by atoms with Gasteiger partial charge >= 0.3 is 0 Å². The molecule has 0 radical (unpaired) electrons. The number of unbranched alkanes of at least 4 members (excludes halogenated alkanes) is 2. The van der Waals surface area contributed by atoms with Crippen LogP contribution in [0.1, 0.15) is 66.7 Å². The van der Waals surface area contributed by atoms with Gasteiger partial charge in [0.05, 0.1) is 6.10 Å². The van der Waals surface area contributed by atoms with Crippen molar-refractivity contribution in [2.45, 2.75) is 78.4 Å². The lowest BCUT2D eigenvalue weighted by Gasteiger charge is -2.28. The first-order valence-electron chi connectivity index (χ1n) is 9.17. The lowest BCUT2D eigenvalue weighted by Crippen LogP contribution is -2.42. The highest BCUT2D eigenvalue weighted by Crippen LogP contribution is 2.23. The van der Waals surface area contributed by atoms with Crippen LogP contribution in [-0.2, 0) is 9.53 Å². The molecule has 4 heteroatoms. The number of carbonyl (C=O) groups excluding carboxylic acids is 1. The first-order valence-corrected chi connectivity index (χ1v) is 9.17. The van der Waals surface area contributed by atoms with Crippen molar-refractivity contribution in [2.75, 3.05) is 11.9 Å². The molecule has 1 aromatic carbocycles. The maximum absolute atomic E-state index is 12.7. The minimum atomic E-state index is -0.782. The highest BCUT2D eigenvalue weighted by Gasteiger charge is 2.33. The number of carbonyl (C=O) groups is 1. The second kappa shape index (κ2) is 10.3. The van der Waals surface area contributed by atoms with Crippen molar-refractivity contribution in [1.29, 1.82) is 0 Å². The molecule has 0 heterocycles. The molecule has 4 nitrogen and oxygen atoms in total. The number of rotatable bonds is 11. The molecule has 0 saturated carbocycles. The number of anilines is 1. The zero-order chi connectivity index (χ0) is 18.0. The first-order chi connectivity index (χ1) is 11.4. The smallest absolute Gasteiger partial charge is 0.256 e. The summed E-state index contributed by atoms with van der Waals surface area (Å²) in [5.74, 6) is 0.730. The van der Waals surface area contributed by atoms with Crippen LogP contribution < -0.4 is 10.1 Å². The third-order valence-corrected chi connectivity index (χ3v) is 4.22. The minimum absolute atomic E-state index is 0.0870. The highest BCUT2D eigenvalue weighted by molar-refractivity contribution is 5.97. The third-order valence-electron chi connectivity index (χ3n) is 4.22. The van der Waals surface area contributed by atoms with Gasteiger partial charge in [0.15, 0.2) is 0 Å². The van der Waals surface area contributed by atoms with E-state index in [0.29, 0.717) is 6.61 Å². The van der Waals surface area contributed by atoms with E-state index >= 15 is 0 Å². The molecule has 0 aliphatic heterocycles. The Balaban J connectivity index is 2.69. The Morgan fingerprint density at radius 2 is 1.83 bits per heavy atom. The lowest BCUT2D eigenvalue weighted by atomic mass is 9.96. The van der Waals surface area contributed by atoms with E-state index in [1.54, 1.807) is 0 Å². The van der Waals surface area contributed by atoms with E-state index in [9.17, 15) is 4.79 Å².